The Bertz CT molecular complexity index is 1450. The van der Waals surface area contributed by atoms with E-state index in [1.165, 1.54) is 23.1 Å². The van der Waals surface area contributed by atoms with Crippen LogP contribution in [0.2, 0.25) is 0 Å². The van der Waals surface area contributed by atoms with Crippen molar-refractivity contribution in [3.63, 3.8) is 0 Å². The molecule has 0 aliphatic heterocycles. The first kappa shape index (κ1) is 32.7. The summed E-state index contributed by atoms with van der Waals surface area (Å²) < 4.78 is 69.2. The van der Waals surface area contributed by atoms with Gasteiger partial charge in [0, 0.05) is 13.1 Å². The van der Waals surface area contributed by atoms with Gasteiger partial charge in [0.25, 0.3) is 10.0 Å². The van der Waals surface area contributed by atoms with E-state index < -0.39 is 40.3 Å². The molecule has 0 unspecified atom stereocenters. The van der Waals surface area contributed by atoms with Gasteiger partial charge in [-0.1, -0.05) is 74.4 Å². The van der Waals surface area contributed by atoms with E-state index in [0.717, 1.165) is 30.5 Å². The van der Waals surface area contributed by atoms with E-state index in [-0.39, 0.29) is 29.5 Å². The van der Waals surface area contributed by atoms with Crippen molar-refractivity contribution in [2.75, 3.05) is 17.4 Å². The first-order chi connectivity index (χ1) is 19.9. The third-order valence-corrected chi connectivity index (χ3v) is 8.55. The lowest BCUT2D eigenvalue weighted by Crippen LogP contribution is -2.52. The van der Waals surface area contributed by atoms with E-state index in [4.69, 9.17) is 0 Å². The van der Waals surface area contributed by atoms with Gasteiger partial charge in [-0.25, -0.2) is 8.42 Å². The molecular formula is C31H36F3N3O4S. The number of carbonyl (C=O) groups is 2. The first-order valence-electron chi connectivity index (χ1n) is 13.8. The van der Waals surface area contributed by atoms with Gasteiger partial charge in [0.15, 0.2) is 0 Å². The Morgan fingerprint density at radius 3 is 2.19 bits per heavy atom. The number of anilines is 1. The van der Waals surface area contributed by atoms with Crippen LogP contribution >= 0.6 is 0 Å². The van der Waals surface area contributed by atoms with Crippen LogP contribution in [0.15, 0.2) is 83.8 Å². The maximum absolute atomic E-state index is 14.0. The van der Waals surface area contributed by atoms with Gasteiger partial charge in [-0.15, -0.1) is 0 Å². The summed E-state index contributed by atoms with van der Waals surface area (Å²) in [6.45, 7) is 5.08. The third-order valence-electron chi connectivity index (χ3n) is 6.76. The average molecular weight is 604 g/mol. The molecule has 0 fully saturated rings. The Labute approximate surface area is 245 Å². The molecule has 3 aromatic carbocycles. The fourth-order valence-electron chi connectivity index (χ4n) is 4.41. The van der Waals surface area contributed by atoms with Crippen LogP contribution < -0.4 is 9.62 Å². The van der Waals surface area contributed by atoms with Gasteiger partial charge in [-0.2, -0.15) is 13.2 Å². The SMILES string of the molecule is CCCCNC(=O)[C@@H](CC)N(Cc1ccccc1)C(=O)CN(c1cccc(C(F)(F)F)c1)S(=O)(=O)c1ccc(C)cc1. The van der Waals surface area contributed by atoms with Crippen LogP contribution in [0.25, 0.3) is 0 Å². The summed E-state index contributed by atoms with van der Waals surface area (Å²) in [6, 6.07) is 17.6. The zero-order chi connectivity index (χ0) is 30.9. The fraction of sp³-hybridized carbons (Fsp3) is 0.355. The summed E-state index contributed by atoms with van der Waals surface area (Å²) in [5.74, 6) is -1.12. The van der Waals surface area contributed by atoms with Crippen molar-refractivity contribution in [2.24, 2.45) is 0 Å². The maximum Gasteiger partial charge on any atom is 0.416 e. The Morgan fingerprint density at radius 2 is 1.60 bits per heavy atom. The molecule has 226 valence electrons. The molecule has 1 atom stereocenters. The summed E-state index contributed by atoms with van der Waals surface area (Å²) in [5, 5.41) is 2.84. The van der Waals surface area contributed by atoms with E-state index >= 15 is 0 Å². The molecule has 0 spiro atoms. The molecule has 0 saturated carbocycles. The van der Waals surface area contributed by atoms with Crippen LogP contribution in [0.1, 0.15) is 49.8 Å². The lowest BCUT2D eigenvalue weighted by Gasteiger charge is -2.33. The van der Waals surface area contributed by atoms with Crippen molar-refractivity contribution < 1.29 is 31.2 Å². The van der Waals surface area contributed by atoms with Crippen LogP contribution in [0.4, 0.5) is 18.9 Å². The Hall–Kier alpha value is -3.86. The smallest absolute Gasteiger partial charge is 0.354 e. The van der Waals surface area contributed by atoms with E-state index in [1.807, 2.05) is 6.92 Å². The number of aryl methyl sites for hydroxylation is 1. The summed E-state index contributed by atoms with van der Waals surface area (Å²) in [4.78, 5) is 28.3. The van der Waals surface area contributed by atoms with Gasteiger partial charge in [0.2, 0.25) is 11.8 Å². The second-order valence-electron chi connectivity index (χ2n) is 9.95. The van der Waals surface area contributed by atoms with E-state index in [0.29, 0.717) is 22.5 Å². The molecule has 0 aliphatic rings. The van der Waals surface area contributed by atoms with Gasteiger partial charge in [0.1, 0.15) is 12.6 Å². The molecule has 0 saturated heterocycles. The quantitative estimate of drug-likeness (QED) is 0.245. The number of benzene rings is 3. The highest BCUT2D eigenvalue weighted by molar-refractivity contribution is 7.92. The lowest BCUT2D eigenvalue weighted by molar-refractivity contribution is -0.140. The number of nitrogens with zero attached hydrogens (tertiary/aromatic N) is 2. The molecule has 42 heavy (non-hydrogen) atoms. The predicted molar refractivity (Wildman–Crippen MR) is 156 cm³/mol. The molecule has 7 nitrogen and oxygen atoms in total. The topological polar surface area (TPSA) is 86.8 Å². The normalized spacial score (nSPS) is 12.4. The summed E-state index contributed by atoms with van der Waals surface area (Å²) in [7, 11) is -4.49. The summed E-state index contributed by atoms with van der Waals surface area (Å²) >= 11 is 0. The Kier molecular flexibility index (Phi) is 11.2. The minimum atomic E-state index is -4.73. The van der Waals surface area contributed by atoms with Gasteiger partial charge < -0.3 is 10.2 Å². The minimum Gasteiger partial charge on any atom is -0.354 e. The van der Waals surface area contributed by atoms with Crippen molar-refractivity contribution in [3.8, 4) is 0 Å². The number of carbonyl (C=O) groups excluding carboxylic acids is 2. The molecule has 0 aromatic heterocycles. The second kappa shape index (κ2) is 14.4. The zero-order valence-electron chi connectivity index (χ0n) is 23.9. The predicted octanol–water partition coefficient (Wildman–Crippen LogP) is 5.93. The highest BCUT2D eigenvalue weighted by Gasteiger charge is 2.35. The van der Waals surface area contributed by atoms with Crippen molar-refractivity contribution in [1.29, 1.82) is 0 Å². The highest BCUT2D eigenvalue weighted by Crippen LogP contribution is 2.33. The van der Waals surface area contributed by atoms with Gasteiger partial charge in [-0.3, -0.25) is 13.9 Å². The van der Waals surface area contributed by atoms with E-state index in [9.17, 15) is 31.2 Å². The number of amides is 2. The first-order valence-corrected chi connectivity index (χ1v) is 15.2. The largest absolute Gasteiger partial charge is 0.416 e. The molecule has 0 heterocycles. The van der Waals surface area contributed by atoms with Crippen molar-refractivity contribution in [2.45, 2.75) is 63.7 Å². The molecule has 0 aliphatic carbocycles. The number of hydrogen-bond acceptors (Lipinski definition) is 4. The van der Waals surface area contributed by atoms with Crippen molar-refractivity contribution in [3.05, 3.63) is 95.6 Å². The monoisotopic (exact) mass is 603 g/mol. The highest BCUT2D eigenvalue weighted by atomic mass is 32.2. The lowest BCUT2D eigenvalue weighted by atomic mass is 10.1. The average Bonchev–Trinajstić information content (AvgIpc) is 2.96. The van der Waals surface area contributed by atoms with E-state index in [2.05, 4.69) is 5.32 Å². The molecule has 0 bridgehead atoms. The molecule has 1 N–H and O–H groups in total. The molecule has 11 heteroatoms. The number of unbranched alkanes of at least 4 members (excludes halogenated alkanes) is 1. The van der Waals surface area contributed by atoms with Crippen LogP contribution in [-0.2, 0) is 32.3 Å². The van der Waals surface area contributed by atoms with Crippen LogP contribution in [0.3, 0.4) is 0 Å². The second-order valence-corrected chi connectivity index (χ2v) is 11.8. The third kappa shape index (κ3) is 8.34. The number of hydrogen-bond donors (Lipinski definition) is 1. The Balaban J connectivity index is 2.08. The molecular weight excluding hydrogens is 567 g/mol. The van der Waals surface area contributed by atoms with Gasteiger partial charge in [0.05, 0.1) is 16.1 Å². The fourth-order valence-corrected chi connectivity index (χ4v) is 5.82. The van der Waals surface area contributed by atoms with Crippen LogP contribution in [0.5, 0.6) is 0 Å². The van der Waals surface area contributed by atoms with Crippen LogP contribution in [0, 0.1) is 6.92 Å². The standard InChI is InChI=1S/C31H36F3N3O4S/c1-4-6-19-35-30(39)28(5-2)36(21-24-11-8-7-9-12-24)29(38)22-37(26-14-10-13-25(20-26)31(32,33)34)42(40,41)27-17-15-23(3)16-18-27/h7-18,20,28H,4-6,19,21-22H2,1-3H3,(H,35,39)/t28-/m1/s1. The number of sulfonamides is 1. The summed E-state index contributed by atoms with van der Waals surface area (Å²) in [6.07, 6.45) is -2.90. The summed E-state index contributed by atoms with van der Waals surface area (Å²) in [5.41, 5.74) is 0.112. The van der Waals surface area contributed by atoms with Crippen LogP contribution in [-0.4, -0.2) is 44.3 Å². The molecule has 3 aromatic rings. The van der Waals surface area contributed by atoms with Crippen molar-refractivity contribution >= 4 is 27.5 Å². The number of nitrogens with one attached hydrogen (secondary N) is 1. The Morgan fingerprint density at radius 1 is 0.929 bits per heavy atom. The van der Waals surface area contributed by atoms with Gasteiger partial charge in [-0.05, 0) is 55.7 Å². The van der Waals surface area contributed by atoms with Gasteiger partial charge >= 0.3 is 6.18 Å². The number of alkyl halides is 3. The molecule has 2 amide bonds. The number of rotatable bonds is 13. The maximum atomic E-state index is 14.0. The van der Waals surface area contributed by atoms with E-state index in [1.54, 1.807) is 56.3 Å². The number of halogens is 3. The molecule has 0 radical (unpaired) electrons. The van der Waals surface area contributed by atoms with Crippen molar-refractivity contribution in [1.82, 2.24) is 10.2 Å². The minimum absolute atomic E-state index is 0.000385. The zero-order valence-corrected chi connectivity index (χ0v) is 24.7. The molecule has 3 rings (SSSR count).